The molecular weight excluding hydrogens is 286 g/mol. The van der Waals surface area contributed by atoms with Crippen LogP contribution in [0.1, 0.15) is 23.9 Å². The third-order valence-electron chi connectivity index (χ3n) is 4.01. The lowest BCUT2D eigenvalue weighted by molar-refractivity contribution is 0.413. The zero-order valence-electron chi connectivity index (χ0n) is 11.6. The summed E-state index contributed by atoms with van der Waals surface area (Å²) in [4.78, 5) is 9.12. The lowest BCUT2D eigenvalue weighted by Crippen LogP contribution is -2.06. The summed E-state index contributed by atoms with van der Waals surface area (Å²) in [5, 5.41) is 0.501. The molecule has 4 rings (SSSR count). The fourth-order valence-electron chi connectivity index (χ4n) is 3.06. The quantitative estimate of drug-likeness (QED) is 0.678. The molecule has 5 heteroatoms. The number of imidazole rings is 1. The summed E-state index contributed by atoms with van der Waals surface area (Å²) >= 11 is 6.05. The summed E-state index contributed by atoms with van der Waals surface area (Å²) in [6, 6.07) is 12.1. The van der Waals surface area contributed by atoms with Crippen LogP contribution in [0.15, 0.2) is 36.4 Å². The van der Waals surface area contributed by atoms with Gasteiger partial charge in [-0.25, -0.2) is 9.97 Å². The topological polar surface area (TPSA) is 39.9 Å². The normalized spacial score (nSPS) is 17.1. The van der Waals surface area contributed by atoms with Gasteiger partial charge >= 0.3 is 0 Å². The zero-order chi connectivity index (χ0) is 14.4. The molecule has 1 aromatic carbocycles. The summed E-state index contributed by atoms with van der Waals surface area (Å²) < 4.78 is 7.53. The van der Waals surface area contributed by atoms with E-state index in [4.69, 9.17) is 16.3 Å². The largest absolute Gasteiger partial charge is 0.497 e. The van der Waals surface area contributed by atoms with Crippen molar-refractivity contribution in [2.75, 3.05) is 7.11 Å². The molecule has 0 amide bonds. The van der Waals surface area contributed by atoms with Crippen LogP contribution in [-0.2, 0) is 6.42 Å². The number of fused-ring (bicyclic) bond motifs is 3. The van der Waals surface area contributed by atoms with Crippen molar-refractivity contribution in [2.45, 2.75) is 18.9 Å². The predicted molar refractivity (Wildman–Crippen MR) is 82.0 cm³/mol. The highest BCUT2D eigenvalue weighted by atomic mass is 35.5. The first-order chi connectivity index (χ1) is 10.3. The van der Waals surface area contributed by atoms with Crippen molar-refractivity contribution in [2.24, 2.45) is 0 Å². The molecule has 21 heavy (non-hydrogen) atoms. The van der Waals surface area contributed by atoms with Crippen molar-refractivity contribution in [3.8, 4) is 5.75 Å². The number of benzene rings is 1. The number of hydrogen-bond acceptors (Lipinski definition) is 3. The number of pyridine rings is 1. The van der Waals surface area contributed by atoms with Crippen LogP contribution < -0.4 is 4.74 Å². The Morgan fingerprint density at radius 2 is 2.14 bits per heavy atom. The fraction of sp³-hybridized carbons (Fsp3) is 0.250. The van der Waals surface area contributed by atoms with Crippen molar-refractivity contribution in [3.05, 3.63) is 52.9 Å². The van der Waals surface area contributed by atoms with Gasteiger partial charge in [0.15, 0.2) is 5.65 Å². The second kappa shape index (κ2) is 4.74. The standard InChI is InChI=1S/C16H14ClN3O/c1-21-11-4-2-3-10(9-11)13-6-8-15-18-12-5-7-14(17)19-16(12)20(13)15/h2-5,7,9,13H,6,8H2,1H3/t13-/m1/s1. The van der Waals surface area contributed by atoms with Crippen molar-refractivity contribution in [3.63, 3.8) is 0 Å². The molecular formula is C16H14ClN3O. The Morgan fingerprint density at radius 3 is 3.00 bits per heavy atom. The van der Waals surface area contributed by atoms with Gasteiger partial charge in [0.25, 0.3) is 0 Å². The number of aryl methyl sites for hydroxylation is 1. The van der Waals surface area contributed by atoms with E-state index >= 15 is 0 Å². The summed E-state index contributed by atoms with van der Waals surface area (Å²) in [6.45, 7) is 0. The van der Waals surface area contributed by atoms with E-state index < -0.39 is 0 Å². The van der Waals surface area contributed by atoms with E-state index in [0.717, 1.165) is 35.6 Å². The Morgan fingerprint density at radius 1 is 1.24 bits per heavy atom. The van der Waals surface area contributed by atoms with Gasteiger partial charge in [0.05, 0.1) is 13.2 Å². The highest BCUT2D eigenvalue weighted by Crippen LogP contribution is 2.36. The van der Waals surface area contributed by atoms with Gasteiger partial charge < -0.3 is 9.30 Å². The average molecular weight is 300 g/mol. The molecule has 0 saturated heterocycles. The summed E-state index contributed by atoms with van der Waals surface area (Å²) in [5.74, 6) is 1.95. The number of ether oxygens (including phenoxy) is 1. The SMILES string of the molecule is COc1cccc([C@H]2CCc3nc4ccc(Cl)nc4n32)c1. The molecule has 0 bridgehead atoms. The van der Waals surface area contributed by atoms with Crippen LogP contribution in [0.25, 0.3) is 11.2 Å². The van der Waals surface area contributed by atoms with E-state index in [2.05, 4.69) is 26.7 Å². The molecule has 0 N–H and O–H groups in total. The molecule has 0 fully saturated rings. The van der Waals surface area contributed by atoms with Gasteiger partial charge in [0, 0.05) is 6.42 Å². The number of hydrogen-bond donors (Lipinski definition) is 0. The van der Waals surface area contributed by atoms with Crippen LogP contribution in [0.4, 0.5) is 0 Å². The van der Waals surface area contributed by atoms with Gasteiger partial charge in [0.2, 0.25) is 0 Å². The van der Waals surface area contributed by atoms with Gasteiger partial charge in [-0.15, -0.1) is 0 Å². The third-order valence-corrected chi connectivity index (χ3v) is 4.22. The molecule has 0 aliphatic carbocycles. The van der Waals surface area contributed by atoms with E-state index in [9.17, 15) is 0 Å². The number of halogens is 1. The molecule has 1 aliphatic rings. The van der Waals surface area contributed by atoms with Gasteiger partial charge in [0.1, 0.15) is 22.2 Å². The Labute approximate surface area is 127 Å². The molecule has 2 aromatic heterocycles. The summed E-state index contributed by atoms with van der Waals surface area (Å²) in [6.07, 6.45) is 1.98. The molecule has 3 aromatic rings. The lowest BCUT2D eigenvalue weighted by atomic mass is 10.0. The highest BCUT2D eigenvalue weighted by Gasteiger charge is 2.28. The van der Waals surface area contributed by atoms with Crippen molar-refractivity contribution in [1.29, 1.82) is 0 Å². The van der Waals surface area contributed by atoms with Crippen molar-refractivity contribution in [1.82, 2.24) is 14.5 Å². The van der Waals surface area contributed by atoms with Crippen LogP contribution >= 0.6 is 11.6 Å². The smallest absolute Gasteiger partial charge is 0.162 e. The second-order valence-electron chi connectivity index (χ2n) is 5.21. The number of methoxy groups -OCH3 is 1. The van der Waals surface area contributed by atoms with Crippen LogP contribution in [0.3, 0.4) is 0 Å². The maximum atomic E-state index is 6.05. The molecule has 1 atom stereocenters. The molecule has 0 saturated carbocycles. The van der Waals surface area contributed by atoms with E-state index in [1.165, 1.54) is 5.56 Å². The minimum absolute atomic E-state index is 0.242. The van der Waals surface area contributed by atoms with E-state index in [-0.39, 0.29) is 6.04 Å². The monoisotopic (exact) mass is 299 g/mol. The maximum absolute atomic E-state index is 6.05. The van der Waals surface area contributed by atoms with Crippen LogP contribution in [0.2, 0.25) is 5.15 Å². The number of rotatable bonds is 2. The molecule has 4 nitrogen and oxygen atoms in total. The summed E-state index contributed by atoms with van der Waals surface area (Å²) in [7, 11) is 1.69. The van der Waals surface area contributed by atoms with Gasteiger partial charge in [-0.1, -0.05) is 23.7 Å². The molecule has 1 aliphatic heterocycles. The van der Waals surface area contributed by atoms with E-state index in [1.54, 1.807) is 13.2 Å². The first kappa shape index (κ1) is 12.7. The molecule has 3 heterocycles. The lowest BCUT2D eigenvalue weighted by Gasteiger charge is -2.15. The van der Waals surface area contributed by atoms with Crippen LogP contribution in [0.5, 0.6) is 5.75 Å². The Balaban J connectivity index is 1.88. The third kappa shape index (κ3) is 1.98. The molecule has 0 radical (unpaired) electrons. The molecule has 0 spiro atoms. The minimum atomic E-state index is 0.242. The second-order valence-corrected chi connectivity index (χ2v) is 5.59. The number of nitrogens with zero attached hydrogens (tertiary/aromatic N) is 3. The first-order valence-electron chi connectivity index (χ1n) is 6.93. The van der Waals surface area contributed by atoms with Gasteiger partial charge in [-0.3, -0.25) is 0 Å². The van der Waals surface area contributed by atoms with Gasteiger partial charge in [-0.2, -0.15) is 0 Å². The maximum Gasteiger partial charge on any atom is 0.162 e. The van der Waals surface area contributed by atoms with E-state index in [1.807, 2.05) is 18.2 Å². The molecule has 106 valence electrons. The predicted octanol–water partition coefficient (Wildman–Crippen LogP) is 3.63. The minimum Gasteiger partial charge on any atom is -0.497 e. The van der Waals surface area contributed by atoms with Crippen molar-refractivity contribution >= 4 is 22.8 Å². The first-order valence-corrected chi connectivity index (χ1v) is 7.31. The van der Waals surface area contributed by atoms with Crippen LogP contribution in [-0.4, -0.2) is 21.6 Å². The molecule has 0 unspecified atom stereocenters. The Kier molecular flexibility index (Phi) is 2.86. The summed E-state index contributed by atoms with van der Waals surface area (Å²) in [5.41, 5.74) is 2.99. The Bertz CT molecular complexity index is 828. The van der Waals surface area contributed by atoms with Crippen molar-refractivity contribution < 1.29 is 4.74 Å². The number of aromatic nitrogens is 3. The van der Waals surface area contributed by atoms with E-state index in [0.29, 0.717) is 5.15 Å². The van der Waals surface area contributed by atoms with Gasteiger partial charge in [-0.05, 0) is 36.2 Å². The fourth-order valence-corrected chi connectivity index (χ4v) is 3.20. The average Bonchev–Trinajstić information content (AvgIpc) is 3.06. The van der Waals surface area contributed by atoms with Crippen LogP contribution in [0, 0.1) is 0 Å². The Hall–Kier alpha value is -2.07. The zero-order valence-corrected chi connectivity index (χ0v) is 12.3. The highest BCUT2D eigenvalue weighted by molar-refractivity contribution is 6.29.